The molecule has 3 aromatic rings. The van der Waals surface area contributed by atoms with Crippen LogP contribution in [0.4, 0.5) is 5.69 Å². The summed E-state index contributed by atoms with van der Waals surface area (Å²) in [4.78, 5) is 29.1. The van der Waals surface area contributed by atoms with Gasteiger partial charge in [-0.15, -0.1) is 0 Å². The summed E-state index contributed by atoms with van der Waals surface area (Å²) in [5.74, 6) is -0.912. The second-order valence-corrected chi connectivity index (χ2v) is 8.06. The van der Waals surface area contributed by atoms with E-state index >= 15 is 0 Å². The number of halogens is 1. The number of para-hydroxylation sites is 1. The molecule has 29 heavy (non-hydrogen) atoms. The highest BCUT2D eigenvalue weighted by atomic mass is 35.5. The summed E-state index contributed by atoms with van der Waals surface area (Å²) in [5.41, 5.74) is 1.46. The summed E-state index contributed by atoms with van der Waals surface area (Å²) in [7, 11) is 1.90. The summed E-state index contributed by atoms with van der Waals surface area (Å²) >= 11 is 6.08. The SMILES string of the molecule is CN1CC(c2ccc(Cl)cc2)C(C(=O)c2ccco2)C12C(=O)Nc1ccccc12. The molecule has 0 radical (unpaired) electrons. The van der Waals surface area contributed by atoms with Crippen molar-refractivity contribution in [1.82, 2.24) is 4.90 Å². The van der Waals surface area contributed by atoms with Crippen molar-refractivity contribution in [1.29, 1.82) is 0 Å². The topological polar surface area (TPSA) is 62.6 Å². The van der Waals surface area contributed by atoms with Crippen molar-refractivity contribution >= 4 is 29.0 Å². The van der Waals surface area contributed by atoms with Crippen LogP contribution in [0.1, 0.15) is 27.6 Å². The maximum Gasteiger partial charge on any atom is 0.250 e. The highest BCUT2D eigenvalue weighted by Crippen LogP contribution is 2.55. The first-order valence-corrected chi connectivity index (χ1v) is 9.86. The van der Waals surface area contributed by atoms with E-state index in [1.807, 2.05) is 60.5 Å². The smallest absolute Gasteiger partial charge is 0.250 e. The molecule has 2 aliphatic heterocycles. The van der Waals surface area contributed by atoms with Gasteiger partial charge in [-0.05, 0) is 42.9 Å². The van der Waals surface area contributed by atoms with Gasteiger partial charge < -0.3 is 9.73 Å². The predicted octanol–water partition coefficient (Wildman–Crippen LogP) is 4.31. The number of likely N-dealkylation sites (N-methyl/N-ethyl adjacent to an activating group) is 1. The van der Waals surface area contributed by atoms with Crippen molar-refractivity contribution in [2.24, 2.45) is 5.92 Å². The number of benzene rings is 2. The predicted molar refractivity (Wildman–Crippen MR) is 110 cm³/mol. The number of anilines is 1. The fourth-order valence-electron chi connectivity index (χ4n) is 4.98. The first-order chi connectivity index (χ1) is 14.0. The summed E-state index contributed by atoms with van der Waals surface area (Å²) in [6, 6.07) is 18.4. The van der Waals surface area contributed by atoms with Gasteiger partial charge in [0.1, 0.15) is 5.54 Å². The molecular weight excluding hydrogens is 388 g/mol. The molecule has 0 bridgehead atoms. The average molecular weight is 407 g/mol. The maximum atomic E-state index is 13.7. The van der Waals surface area contributed by atoms with Gasteiger partial charge in [0.2, 0.25) is 11.7 Å². The van der Waals surface area contributed by atoms with Gasteiger partial charge in [-0.25, -0.2) is 0 Å². The number of fused-ring (bicyclic) bond motifs is 2. The van der Waals surface area contributed by atoms with Crippen LogP contribution in [0.3, 0.4) is 0 Å². The number of nitrogens with zero attached hydrogens (tertiary/aromatic N) is 1. The van der Waals surface area contributed by atoms with Crippen LogP contribution < -0.4 is 5.32 Å². The number of nitrogens with one attached hydrogen (secondary N) is 1. The highest BCUT2D eigenvalue weighted by molar-refractivity contribution is 6.30. The maximum absolute atomic E-state index is 13.7. The lowest BCUT2D eigenvalue weighted by Gasteiger charge is -2.35. The molecule has 6 heteroatoms. The molecule has 1 saturated heterocycles. The van der Waals surface area contributed by atoms with E-state index in [-0.39, 0.29) is 23.4 Å². The van der Waals surface area contributed by atoms with Crippen LogP contribution in [0.25, 0.3) is 0 Å². The Balaban J connectivity index is 1.73. The fourth-order valence-corrected chi connectivity index (χ4v) is 5.10. The van der Waals surface area contributed by atoms with Gasteiger partial charge in [0.15, 0.2) is 5.76 Å². The van der Waals surface area contributed by atoms with Gasteiger partial charge in [0.05, 0.1) is 12.2 Å². The number of amides is 1. The third-order valence-electron chi connectivity index (χ3n) is 6.20. The molecule has 1 aromatic heterocycles. The second kappa shape index (κ2) is 6.58. The van der Waals surface area contributed by atoms with Crippen LogP contribution in [0.15, 0.2) is 71.3 Å². The molecule has 1 amide bonds. The summed E-state index contributed by atoms with van der Waals surface area (Å²) in [6.07, 6.45) is 1.48. The second-order valence-electron chi connectivity index (χ2n) is 7.62. The molecule has 2 aromatic carbocycles. The number of likely N-dealkylation sites (tertiary alicyclic amines) is 1. The molecule has 5 nitrogen and oxygen atoms in total. The largest absolute Gasteiger partial charge is 0.461 e. The normalized spacial score (nSPS) is 25.9. The van der Waals surface area contributed by atoms with Crippen LogP contribution in [0.2, 0.25) is 5.02 Å². The lowest BCUT2D eigenvalue weighted by molar-refractivity contribution is -0.126. The fraction of sp³-hybridized carbons (Fsp3) is 0.217. The van der Waals surface area contributed by atoms with Crippen LogP contribution in [0, 0.1) is 5.92 Å². The minimum absolute atomic E-state index is 0.175. The summed E-state index contributed by atoms with van der Waals surface area (Å²) < 4.78 is 5.45. The minimum atomic E-state index is -1.09. The highest BCUT2D eigenvalue weighted by Gasteiger charge is 2.64. The molecule has 3 atom stereocenters. The number of rotatable bonds is 3. The number of ketones is 1. The van der Waals surface area contributed by atoms with Crippen LogP contribution in [0.5, 0.6) is 0 Å². The Morgan fingerprint density at radius 1 is 1.14 bits per heavy atom. The Morgan fingerprint density at radius 3 is 2.62 bits per heavy atom. The van der Waals surface area contributed by atoms with Crippen molar-refractivity contribution in [3.05, 3.63) is 88.8 Å². The number of carbonyl (C=O) groups excluding carboxylic acids is 2. The molecule has 1 spiro atoms. The van der Waals surface area contributed by atoms with E-state index in [0.717, 1.165) is 16.8 Å². The molecule has 3 heterocycles. The van der Waals surface area contributed by atoms with E-state index in [2.05, 4.69) is 5.32 Å². The van der Waals surface area contributed by atoms with E-state index in [4.69, 9.17) is 16.0 Å². The van der Waals surface area contributed by atoms with Gasteiger partial charge in [-0.2, -0.15) is 0 Å². The Labute approximate surface area is 173 Å². The van der Waals surface area contributed by atoms with Crippen molar-refractivity contribution < 1.29 is 14.0 Å². The molecule has 3 unspecified atom stereocenters. The van der Waals surface area contributed by atoms with Gasteiger partial charge in [-0.1, -0.05) is 41.9 Å². The summed E-state index contributed by atoms with van der Waals surface area (Å²) in [5, 5.41) is 3.62. The van der Waals surface area contributed by atoms with Crippen LogP contribution in [-0.4, -0.2) is 30.2 Å². The zero-order chi connectivity index (χ0) is 20.2. The number of hydrogen-bond donors (Lipinski definition) is 1. The lowest BCUT2D eigenvalue weighted by Crippen LogP contribution is -2.51. The molecule has 0 saturated carbocycles. The Hall–Kier alpha value is -2.89. The van der Waals surface area contributed by atoms with E-state index in [0.29, 0.717) is 11.6 Å². The van der Waals surface area contributed by atoms with Crippen LogP contribution in [-0.2, 0) is 10.3 Å². The number of hydrogen-bond acceptors (Lipinski definition) is 4. The van der Waals surface area contributed by atoms with E-state index in [1.54, 1.807) is 12.1 Å². The molecular formula is C23H19ClN2O3. The van der Waals surface area contributed by atoms with Gasteiger partial charge in [0, 0.05) is 28.7 Å². The van der Waals surface area contributed by atoms with Crippen molar-refractivity contribution in [2.75, 3.05) is 18.9 Å². The Bertz CT molecular complexity index is 1090. The zero-order valence-corrected chi connectivity index (χ0v) is 16.5. The zero-order valence-electron chi connectivity index (χ0n) is 15.8. The molecule has 0 aliphatic carbocycles. The van der Waals surface area contributed by atoms with Crippen molar-refractivity contribution in [3.63, 3.8) is 0 Å². The molecule has 146 valence electrons. The number of carbonyl (C=O) groups is 2. The Morgan fingerprint density at radius 2 is 1.90 bits per heavy atom. The first-order valence-electron chi connectivity index (χ1n) is 9.49. The standard InChI is InChI=1S/C23H19ClN2O3/c1-26-13-16(14-8-10-15(24)11-9-14)20(21(27)19-7-4-12-29-19)23(26)17-5-2-3-6-18(17)25-22(23)28/h2-12,16,20H,13H2,1H3,(H,25,28). The minimum Gasteiger partial charge on any atom is -0.461 e. The monoisotopic (exact) mass is 406 g/mol. The number of furan rings is 1. The molecule has 1 fully saturated rings. The summed E-state index contributed by atoms with van der Waals surface area (Å²) in [6.45, 7) is 0.556. The van der Waals surface area contributed by atoms with Gasteiger partial charge >= 0.3 is 0 Å². The quantitative estimate of drug-likeness (QED) is 0.658. The van der Waals surface area contributed by atoms with Crippen LogP contribution >= 0.6 is 11.6 Å². The van der Waals surface area contributed by atoms with E-state index in [9.17, 15) is 9.59 Å². The molecule has 1 N–H and O–H groups in total. The Kier molecular flexibility index (Phi) is 4.12. The van der Waals surface area contributed by atoms with E-state index < -0.39 is 11.5 Å². The average Bonchev–Trinajstić information content (AvgIpc) is 3.42. The lowest BCUT2D eigenvalue weighted by atomic mass is 9.71. The first kappa shape index (κ1) is 18.2. The van der Waals surface area contributed by atoms with Crippen molar-refractivity contribution in [2.45, 2.75) is 11.5 Å². The molecule has 5 rings (SSSR count). The number of Topliss-reactive ketones (excluding diaryl/α,β-unsaturated/α-hetero) is 1. The van der Waals surface area contributed by atoms with Gasteiger partial charge in [-0.3, -0.25) is 14.5 Å². The third kappa shape index (κ3) is 2.51. The van der Waals surface area contributed by atoms with Crippen molar-refractivity contribution in [3.8, 4) is 0 Å². The molecule has 2 aliphatic rings. The third-order valence-corrected chi connectivity index (χ3v) is 6.45. The van der Waals surface area contributed by atoms with E-state index in [1.165, 1.54) is 6.26 Å². The van der Waals surface area contributed by atoms with Gasteiger partial charge in [0.25, 0.3) is 0 Å².